The van der Waals surface area contributed by atoms with Crippen LogP contribution in [0.3, 0.4) is 0 Å². The van der Waals surface area contributed by atoms with Gasteiger partial charge < -0.3 is 14.8 Å². The maximum absolute atomic E-state index is 13.7. The maximum Gasteiger partial charge on any atom is 0.344 e. The number of para-hydroxylation sites is 1. The van der Waals surface area contributed by atoms with Crippen LogP contribution in [-0.4, -0.2) is 31.3 Å². The zero-order chi connectivity index (χ0) is 29.0. The molecule has 41 heavy (non-hydrogen) atoms. The Labute approximate surface area is 245 Å². The fourth-order valence-corrected chi connectivity index (χ4v) is 6.62. The lowest BCUT2D eigenvalue weighted by atomic mass is 9.72. The lowest BCUT2D eigenvalue weighted by molar-refractivity contribution is -0.145. The molecule has 0 saturated heterocycles. The van der Waals surface area contributed by atoms with E-state index in [2.05, 4.69) is 26.1 Å². The summed E-state index contributed by atoms with van der Waals surface area (Å²) in [7, 11) is 0. The highest BCUT2D eigenvalue weighted by molar-refractivity contribution is 7.16. The van der Waals surface area contributed by atoms with E-state index >= 15 is 0 Å². The van der Waals surface area contributed by atoms with Crippen LogP contribution in [0.2, 0.25) is 0 Å². The number of amides is 1. The predicted octanol–water partition coefficient (Wildman–Crippen LogP) is 8.00. The summed E-state index contributed by atoms with van der Waals surface area (Å²) in [6, 6.07) is 21.3. The molecular formula is C34H36N2O4S. The van der Waals surface area contributed by atoms with Crippen molar-refractivity contribution in [3.63, 3.8) is 0 Å². The van der Waals surface area contributed by atoms with Crippen LogP contribution < -0.4 is 10.1 Å². The van der Waals surface area contributed by atoms with Gasteiger partial charge in [0.05, 0.1) is 12.2 Å². The standard InChI is InChI=1S/C34H36N2O4S/c1-5-39-30(37)21-40-28-18-15-22-11-9-10-14-25(22)27(28)20-35-33-31(32(38)36-24-12-7-6-8-13-24)26-17-16-23(34(2,3)4)19-29(26)41-33/h6-15,18,20,23H,5,16-17,19,21H2,1-4H3,(H,36,38)/t23-/m0/s1. The van der Waals surface area contributed by atoms with Crippen molar-refractivity contribution in [2.75, 3.05) is 18.5 Å². The third-order valence-corrected chi connectivity index (χ3v) is 8.78. The minimum absolute atomic E-state index is 0.147. The largest absolute Gasteiger partial charge is 0.481 e. The number of carbonyl (C=O) groups is 2. The maximum atomic E-state index is 13.7. The zero-order valence-corrected chi connectivity index (χ0v) is 24.8. The number of hydrogen-bond acceptors (Lipinski definition) is 6. The molecule has 3 aromatic carbocycles. The summed E-state index contributed by atoms with van der Waals surface area (Å²) in [6.07, 6.45) is 4.59. The molecule has 1 atom stereocenters. The lowest BCUT2D eigenvalue weighted by Gasteiger charge is -2.33. The van der Waals surface area contributed by atoms with E-state index in [1.54, 1.807) is 24.5 Å². The normalized spacial score (nSPS) is 15.1. The number of hydrogen-bond donors (Lipinski definition) is 1. The molecule has 1 aliphatic carbocycles. The van der Waals surface area contributed by atoms with Gasteiger partial charge in [0.15, 0.2) is 6.61 Å². The van der Waals surface area contributed by atoms with Gasteiger partial charge in [0.1, 0.15) is 10.8 Å². The van der Waals surface area contributed by atoms with Crippen LogP contribution in [0, 0.1) is 11.3 Å². The summed E-state index contributed by atoms with van der Waals surface area (Å²) in [4.78, 5) is 31.9. The van der Waals surface area contributed by atoms with E-state index < -0.39 is 5.97 Å². The van der Waals surface area contributed by atoms with Crippen molar-refractivity contribution < 1.29 is 19.1 Å². The van der Waals surface area contributed by atoms with E-state index in [1.807, 2.05) is 66.7 Å². The van der Waals surface area contributed by atoms with Crippen molar-refractivity contribution in [3.8, 4) is 5.75 Å². The van der Waals surface area contributed by atoms with Crippen LogP contribution in [0.1, 0.15) is 60.5 Å². The molecule has 0 bridgehead atoms. The van der Waals surface area contributed by atoms with Crippen molar-refractivity contribution in [2.24, 2.45) is 16.3 Å². The molecule has 1 heterocycles. The number of carbonyl (C=O) groups excluding carboxylic acids is 2. The predicted molar refractivity (Wildman–Crippen MR) is 167 cm³/mol. The topological polar surface area (TPSA) is 77.0 Å². The van der Waals surface area contributed by atoms with Gasteiger partial charge in [0.2, 0.25) is 0 Å². The molecule has 212 valence electrons. The van der Waals surface area contributed by atoms with E-state index in [0.717, 1.165) is 46.8 Å². The van der Waals surface area contributed by atoms with Crippen LogP contribution in [0.5, 0.6) is 5.75 Å². The zero-order valence-electron chi connectivity index (χ0n) is 24.0. The van der Waals surface area contributed by atoms with E-state index in [4.69, 9.17) is 14.5 Å². The molecule has 0 aliphatic heterocycles. The summed E-state index contributed by atoms with van der Waals surface area (Å²) in [5.74, 6) is 0.496. The Bertz CT molecular complexity index is 1580. The number of esters is 1. The van der Waals surface area contributed by atoms with Crippen LogP contribution in [-0.2, 0) is 22.4 Å². The fourth-order valence-electron chi connectivity index (χ4n) is 5.35. The molecule has 7 heteroatoms. The van der Waals surface area contributed by atoms with E-state index in [1.165, 1.54) is 4.88 Å². The SMILES string of the molecule is CCOC(=O)COc1ccc2ccccc2c1C=Nc1sc2c(c1C(=O)Nc1ccccc1)CC[C@H](C(C)(C)C)C2. The molecule has 6 nitrogen and oxygen atoms in total. The first kappa shape index (κ1) is 28.6. The van der Waals surface area contributed by atoms with Crippen LogP contribution in [0.15, 0.2) is 71.7 Å². The molecule has 5 rings (SSSR count). The minimum Gasteiger partial charge on any atom is -0.481 e. The van der Waals surface area contributed by atoms with Gasteiger partial charge in [0.25, 0.3) is 5.91 Å². The van der Waals surface area contributed by atoms with Gasteiger partial charge >= 0.3 is 5.97 Å². The van der Waals surface area contributed by atoms with Crippen molar-refractivity contribution in [1.29, 1.82) is 0 Å². The smallest absolute Gasteiger partial charge is 0.344 e. The third kappa shape index (κ3) is 6.51. The summed E-state index contributed by atoms with van der Waals surface area (Å²) in [5.41, 5.74) is 3.44. The van der Waals surface area contributed by atoms with Crippen LogP contribution in [0.25, 0.3) is 10.8 Å². The first-order valence-corrected chi connectivity index (χ1v) is 14.9. The number of benzene rings is 3. The second kappa shape index (κ2) is 12.3. The summed E-state index contributed by atoms with van der Waals surface area (Å²) < 4.78 is 10.9. The molecule has 4 aromatic rings. The van der Waals surface area contributed by atoms with Gasteiger partial charge in [-0.25, -0.2) is 9.79 Å². The van der Waals surface area contributed by atoms with Gasteiger partial charge in [0, 0.05) is 22.3 Å². The fraction of sp³-hybridized carbons (Fsp3) is 0.324. The first-order valence-electron chi connectivity index (χ1n) is 14.1. The molecule has 0 unspecified atom stereocenters. The number of fused-ring (bicyclic) bond motifs is 2. The quantitative estimate of drug-likeness (QED) is 0.173. The molecular weight excluding hydrogens is 532 g/mol. The number of thiophene rings is 1. The number of ether oxygens (including phenoxy) is 2. The average Bonchev–Trinajstić information content (AvgIpc) is 3.33. The number of nitrogens with zero attached hydrogens (tertiary/aromatic N) is 1. The minimum atomic E-state index is -0.428. The summed E-state index contributed by atoms with van der Waals surface area (Å²) in [5, 5.41) is 5.73. The molecule has 1 aliphatic rings. The van der Waals surface area contributed by atoms with E-state index in [0.29, 0.717) is 28.8 Å². The molecule has 1 aromatic heterocycles. The molecule has 1 amide bonds. The van der Waals surface area contributed by atoms with Crippen molar-refractivity contribution >= 4 is 50.9 Å². The highest BCUT2D eigenvalue weighted by atomic mass is 32.1. The second-order valence-electron chi connectivity index (χ2n) is 11.4. The van der Waals surface area contributed by atoms with Gasteiger partial charge in [-0.15, -0.1) is 11.3 Å². The highest BCUT2D eigenvalue weighted by Gasteiger charge is 2.33. The number of aliphatic imine (C=N–C) groups is 1. The van der Waals surface area contributed by atoms with Gasteiger partial charge in [-0.2, -0.15) is 0 Å². The van der Waals surface area contributed by atoms with Gasteiger partial charge in [-0.1, -0.05) is 69.3 Å². The van der Waals surface area contributed by atoms with E-state index in [-0.39, 0.29) is 17.9 Å². The molecule has 1 N–H and O–H groups in total. The first-order chi connectivity index (χ1) is 19.7. The molecule has 0 saturated carbocycles. The summed E-state index contributed by atoms with van der Waals surface area (Å²) >= 11 is 1.60. The Balaban J connectivity index is 1.55. The number of anilines is 1. The molecule has 0 radical (unpaired) electrons. The van der Waals surface area contributed by atoms with E-state index in [9.17, 15) is 9.59 Å². The van der Waals surface area contributed by atoms with Gasteiger partial charge in [-0.3, -0.25) is 4.79 Å². The summed E-state index contributed by atoms with van der Waals surface area (Å²) in [6.45, 7) is 8.73. The molecule has 0 fully saturated rings. The Morgan fingerprint density at radius 3 is 2.56 bits per heavy atom. The lowest BCUT2D eigenvalue weighted by Crippen LogP contribution is -2.27. The third-order valence-electron chi connectivity index (χ3n) is 7.62. The van der Waals surface area contributed by atoms with Crippen LogP contribution in [0.4, 0.5) is 10.7 Å². The van der Waals surface area contributed by atoms with Crippen molar-refractivity contribution in [3.05, 3.63) is 88.3 Å². The Hall–Kier alpha value is -3.97. The average molecular weight is 569 g/mol. The van der Waals surface area contributed by atoms with Gasteiger partial charge in [-0.05, 0) is 72.1 Å². The van der Waals surface area contributed by atoms with Crippen molar-refractivity contribution in [2.45, 2.75) is 47.0 Å². The van der Waals surface area contributed by atoms with Crippen LogP contribution >= 0.6 is 11.3 Å². The second-order valence-corrected chi connectivity index (χ2v) is 12.4. The Morgan fingerprint density at radius 2 is 1.80 bits per heavy atom. The molecule has 0 spiro atoms. The Morgan fingerprint density at radius 1 is 1.05 bits per heavy atom. The number of nitrogens with one attached hydrogen (secondary N) is 1. The van der Waals surface area contributed by atoms with Crippen molar-refractivity contribution in [1.82, 2.24) is 0 Å². The highest BCUT2D eigenvalue weighted by Crippen LogP contribution is 2.45. The monoisotopic (exact) mass is 568 g/mol. The number of rotatable bonds is 8. The Kier molecular flexibility index (Phi) is 8.54.